The van der Waals surface area contributed by atoms with Crippen molar-refractivity contribution in [3.05, 3.63) is 23.0 Å². The number of benzene rings is 1. The molecule has 0 unspecified atom stereocenters. The zero-order chi connectivity index (χ0) is 15.6. The van der Waals surface area contributed by atoms with Crippen molar-refractivity contribution in [1.82, 2.24) is 0 Å². The molecule has 2 N–H and O–H groups in total. The van der Waals surface area contributed by atoms with Gasteiger partial charge in [-0.05, 0) is 12.5 Å². The van der Waals surface area contributed by atoms with Crippen molar-refractivity contribution >= 4 is 27.3 Å². The summed E-state index contributed by atoms with van der Waals surface area (Å²) in [6.07, 6.45) is -6.37. The standard InChI is InChI=1S/C10H10ClF4NO3S/c11-7-4-6(12)5-8(9(7)17)16-20(18,19)3-1-2-10(13,14)15/h4-5,16-17H,1-3H2. The SMILES string of the molecule is O=S(=O)(CCCC(F)(F)F)Nc1cc(F)cc(Cl)c1O. The molecule has 0 aromatic heterocycles. The second-order valence-electron chi connectivity index (χ2n) is 3.92. The number of hydrogen-bond donors (Lipinski definition) is 2. The zero-order valence-corrected chi connectivity index (χ0v) is 11.4. The second-order valence-corrected chi connectivity index (χ2v) is 6.17. The number of alkyl halides is 3. The molecule has 0 radical (unpaired) electrons. The number of sulfonamides is 1. The Labute approximate surface area is 117 Å². The predicted octanol–water partition coefficient (Wildman–Crippen LogP) is 3.27. The van der Waals surface area contributed by atoms with Gasteiger partial charge in [-0.15, -0.1) is 0 Å². The van der Waals surface area contributed by atoms with E-state index in [1.165, 1.54) is 0 Å². The van der Waals surface area contributed by atoms with E-state index in [0.717, 1.165) is 6.07 Å². The lowest BCUT2D eigenvalue weighted by atomic mass is 10.3. The van der Waals surface area contributed by atoms with Crippen LogP contribution in [0.5, 0.6) is 5.75 Å². The summed E-state index contributed by atoms with van der Waals surface area (Å²) in [5.74, 6) is -2.42. The van der Waals surface area contributed by atoms with Gasteiger partial charge in [0.15, 0.2) is 5.75 Å². The fourth-order valence-corrected chi connectivity index (χ4v) is 2.65. The third-order valence-corrected chi connectivity index (χ3v) is 3.81. The van der Waals surface area contributed by atoms with Crippen molar-refractivity contribution in [1.29, 1.82) is 0 Å². The molecule has 1 rings (SSSR count). The molecule has 20 heavy (non-hydrogen) atoms. The van der Waals surface area contributed by atoms with E-state index in [1.807, 2.05) is 0 Å². The van der Waals surface area contributed by atoms with Crippen LogP contribution in [0.4, 0.5) is 23.2 Å². The Morgan fingerprint density at radius 1 is 1.30 bits per heavy atom. The number of rotatable bonds is 5. The number of nitrogens with one attached hydrogen (secondary N) is 1. The molecular formula is C10H10ClF4NO3S. The topological polar surface area (TPSA) is 66.4 Å². The molecule has 4 nitrogen and oxygen atoms in total. The van der Waals surface area contributed by atoms with Gasteiger partial charge in [-0.25, -0.2) is 12.8 Å². The third kappa shape index (κ3) is 5.41. The van der Waals surface area contributed by atoms with Crippen LogP contribution in [0.25, 0.3) is 0 Å². The monoisotopic (exact) mass is 335 g/mol. The number of aromatic hydroxyl groups is 1. The van der Waals surface area contributed by atoms with Crippen LogP contribution in [-0.2, 0) is 10.0 Å². The van der Waals surface area contributed by atoms with Gasteiger partial charge in [0.05, 0.1) is 16.5 Å². The minimum Gasteiger partial charge on any atom is -0.504 e. The van der Waals surface area contributed by atoms with Gasteiger partial charge in [0.1, 0.15) is 5.82 Å². The molecule has 1 aromatic rings. The van der Waals surface area contributed by atoms with Crippen LogP contribution in [0.15, 0.2) is 12.1 Å². The first-order chi connectivity index (χ1) is 9.00. The second kappa shape index (κ2) is 6.04. The molecule has 0 heterocycles. The van der Waals surface area contributed by atoms with Gasteiger partial charge >= 0.3 is 6.18 Å². The van der Waals surface area contributed by atoms with Crippen LogP contribution in [0.1, 0.15) is 12.8 Å². The van der Waals surface area contributed by atoms with Crippen LogP contribution in [-0.4, -0.2) is 25.5 Å². The maximum atomic E-state index is 13.0. The lowest BCUT2D eigenvalue weighted by Gasteiger charge is -2.11. The summed E-state index contributed by atoms with van der Waals surface area (Å²) in [5.41, 5.74) is -0.526. The molecule has 10 heteroatoms. The van der Waals surface area contributed by atoms with E-state index >= 15 is 0 Å². The third-order valence-electron chi connectivity index (χ3n) is 2.17. The predicted molar refractivity (Wildman–Crippen MR) is 65.8 cm³/mol. The van der Waals surface area contributed by atoms with E-state index in [2.05, 4.69) is 0 Å². The molecule has 1 aromatic carbocycles. The van der Waals surface area contributed by atoms with Gasteiger partial charge in [0, 0.05) is 12.5 Å². The molecule has 0 fully saturated rings. The molecule has 0 saturated carbocycles. The molecule has 0 aliphatic rings. The first-order valence-electron chi connectivity index (χ1n) is 5.25. The maximum absolute atomic E-state index is 13.0. The van der Waals surface area contributed by atoms with Crippen molar-refractivity contribution in [3.63, 3.8) is 0 Å². The first kappa shape index (κ1) is 16.8. The van der Waals surface area contributed by atoms with Gasteiger partial charge < -0.3 is 5.11 Å². The Morgan fingerprint density at radius 3 is 2.45 bits per heavy atom. The largest absolute Gasteiger partial charge is 0.504 e. The Hall–Kier alpha value is -1.22. The molecule has 0 spiro atoms. The van der Waals surface area contributed by atoms with Crippen molar-refractivity contribution in [2.24, 2.45) is 0 Å². The molecular weight excluding hydrogens is 326 g/mol. The Morgan fingerprint density at radius 2 is 1.90 bits per heavy atom. The van der Waals surface area contributed by atoms with Crippen LogP contribution in [0.2, 0.25) is 5.02 Å². The van der Waals surface area contributed by atoms with E-state index in [1.54, 1.807) is 4.72 Å². The van der Waals surface area contributed by atoms with E-state index in [9.17, 15) is 31.1 Å². The Bertz CT molecular complexity index is 589. The fraction of sp³-hybridized carbons (Fsp3) is 0.400. The summed E-state index contributed by atoms with van der Waals surface area (Å²) in [4.78, 5) is 0. The quantitative estimate of drug-likeness (QED) is 0.641. The number of anilines is 1. The summed E-state index contributed by atoms with van der Waals surface area (Å²) in [6, 6.07) is 1.43. The summed E-state index contributed by atoms with van der Waals surface area (Å²) in [6.45, 7) is 0. The van der Waals surface area contributed by atoms with Crippen LogP contribution >= 0.6 is 11.6 Å². The summed E-state index contributed by atoms with van der Waals surface area (Å²) in [7, 11) is -4.15. The lowest BCUT2D eigenvalue weighted by molar-refractivity contribution is -0.134. The summed E-state index contributed by atoms with van der Waals surface area (Å²) in [5, 5.41) is 9.02. The highest BCUT2D eigenvalue weighted by molar-refractivity contribution is 7.92. The highest BCUT2D eigenvalue weighted by Crippen LogP contribution is 2.33. The molecule has 0 atom stereocenters. The van der Waals surface area contributed by atoms with Gasteiger partial charge in [-0.1, -0.05) is 11.6 Å². The normalized spacial score (nSPS) is 12.4. The van der Waals surface area contributed by atoms with Crippen molar-refractivity contribution in [2.75, 3.05) is 10.5 Å². The summed E-state index contributed by atoms with van der Waals surface area (Å²) >= 11 is 5.44. The van der Waals surface area contributed by atoms with Crippen molar-refractivity contribution in [2.45, 2.75) is 19.0 Å². The first-order valence-corrected chi connectivity index (χ1v) is 7.28. The van der Waals surface area contributed by atoms with E-state index in [-0.39, 0.29) is 0 Å². The zero-order valence-electron chi connectivity index (χ0n) is 9.84. The minimum absolute atomic E-state index is 0.419. The highest BCUT2D eigenvalue weighted by Gasteiger charge is 2.27. The van der Waals surface area contributed by atoms with Gasteiger partial charge in [-0.3, -0.25) is 4.72 Å². The number of phenolic OH excluding ortho intramolecular Hbond substituents is 1. The number of halogens is 5. The van der Waals surface area contributed by atoms with Crippen LogP contribution < -0.4 is 4.72 Å². The van der Waals surface area contributed by atoms with Crippen LogP contribution in [0, 0.1) is 5.82 Å². The molecule has 0 amide bonds. The highest BCUT2D eigenvalue weighted by atomic mass is 35.5. The average Bonchev–Trinajstić information content (AvgIpc) is 2.22. The smallest absolute Gasteiger partial charge is 0.389 e. The van der Waals surface area contributed by atoms with Crippen molar-refractivity contribution in [3.8, 4) is 5.75 Å². The molecule has 0 aliphatic heterocycles. The Balaban J connectivity index is 2.77. The Kier molecular flexibility index (Phi) is 5.09. The molecule has 114 valence electrons. The van der Waals surface area contributed by atoms with Crippen LogP contribution in [0.3, 0.4) is 0 Å². The van der Waals surface area contributed by atoms with E-state index in [4.69, 9.17) is 11.6 Å². The van der Waals surface area contributed by atoms with Gasteiger partial charge in [-0.2, -0.15) is 13.2 Å². The molecule has 0 saturated heterocycles. The molecule has 0 aliphatic carbocycles. The maximum Gasteiger partial charge on any atom is 0.389 e. The lowest BCUT2D eigenvalue weighted by Crippen LogP contribution is -2.19. The molecule has 0 bridgehead atoms. The number of phenols is 1. The minimum atomic E-state index is -4.46. The average molecular weight is 336 g/mol. The van der Waals surface area contributed by atoms with E-state index < -0.39 is 57.1 Å². The summed E-state index contributed by atoms with van der Waals surface area (Å²) < 4.78 is 73.5. The van der Waals surface area contributed by atoms with Crippen molar-refractivity contribution < 1.29 is 31.1 Å². The number of hydrogen-bond acceptors (Lipinski definition) is 3. The van der Waals surface area contributed by atoms with Gasteiger partial charge in [0.2, 0.25) is 10.0 Å². The fourth-order valence-electron chi connectivity index (χ4n) is 1.32. The van der Waals surface area contributed by atoms with E-state index in [0.29, 0.717) is 6.07 Å². The van der Waals surface area contributed by atoms with Gasteiger partial charge in [0.25, 0.3) is 0 Å².